The SMILES string of the molecule is C=CCSc1nnc2c(n1)OC(c1cc(Br)c(O)c(OC)c1)Nc1ccccc1-2. The number of hydrogen-bond donors (Lipinski definition) is 2. The summed E-state index contributed by atoms with van der Waals surface area (Å²) in [4.78, 5) is 4.55. The van der Waals surface area contributed by atoms with Crippen LogP contribution in [-0.2, 0) is 0 Å². The lowest BCUT2D eigenvalue weighted by atomic mass is 10.1. The summed E-state index contributed by atoms with van der Waals surface area (Å²) in [6, 6.07) is 11.2. The van der Waals surface area contributed by atoms with E-state index < -0.39 is 6.23 Å². The molecule has 0 bridgehead atoms. The number of hydrogen-bond acceptors (Lipinski definition) is 8. The molecule has 3 aromatic rings. The van der Waals surface area contributed by atoms with Gasteiger partial charge in [0.2, 0.25) is 11.0 Å². The van der Waals surface area contributed by atoms with Gasteiger partial charge in [-0.05, 0) is 34.1 Å². The Balaban J connectivity index is 1.82. The average molecular weight is 473 g/mol. The van der Waals surface area contributed by atoms with E-state index in [1.54, 1.807) is 18.2 Å². The minimum absolute atomic E-state index is 0.0257. The zero-order chi connectivity index (χ0) is 20.4. The van der Waals surface area contributed by atoms with Crippen molar-refractivity contribution in [3.05, 3.63) is 59.1 Å². The van der Waals surface area contributed by atoms with Crippen molar-refractivity contribution in [3.63, 3.8) is 0 Å². The number of thioether (sulfide) groups is 1. The summed E-state index contributed by atoms with van der Waals surface area (Å²) in [5.74, 6) is 1.40. The Bertz CT molecular complexity index is 1080. The van der Waals surface area contributed by atoms with Gasteiger partial charge in [0.1, 0.15) is 0 Å². The second-order valence-electron chi connectivity index (χ2n) is 6.09. The molecule has 2 aromatic carbocycles. The maximum absolute atomic E-state index is 10.1. The molecule has 2 N–H and O–H groups in total. The van der Waals surface area contributed by atoms with Gasteiger partial charge in [0.15, 0.2) is 23.4 Å². The fourth-order valence-electron chi connectivity index (χ4n) is 2.89. The van der Waals surface area contributed by atoms with Crippen molar-refractivity contribution in [1.82, 2.24) is 15.2 Å². The normalized spacial score (nSPS) is 14.6. The van der Waals surface area contributed by atoms with Crippen molar-refractivity contribution in [1.29, 1.82) is 0 Å². The number of anilines is 1. The van der Waals surface area contributed by atoms with Crippen LogP contribution < -0.4 is 14.8 Å². The summed E-state index contributed by atoms with van der Waals surface area (Å²) >= 11 is 4.79. The molecule has 1 aliphatic heterocycles. The Morgan fingerprint density at radius 1 is 1.34 bits per heavy atom. The van der Waals surface area contributed by atoms with Gasteiger partial charge in [0.25, 0.3) is 0 Å². The van der Waals surface area contributed by atoms with Crippen LogP contribution in [0.5, 0.6) is 17.4 Å². The number of methoxy groups -OCH3 is 1. The van der Waals surface area contributed by atoms with Crippen molar-refractivity contribution in [2.45, 2.75) is 11.4 Å². The van der Waals surface area contributed by atoms with E-state index >= 15 is 0 Å². The molecule has 1 aliphatic rings. The number of ether oxygens (including phenoxy) is 2. The molecule has 0 saturated heterocycles. The molecule has 148 valence electrons. The first kappa shape index (κ1) is 19.5. The van der Waals surface area contributed by atoms with Crippen LogP contribution in [-0.4, -0.2) is 33.2 Å². The van der Waals surface area contributed by atoms with Gasteiger partial charge >= 0.3 is 0 Å². The second kappa shape index (κ2) is 8.30. The summed E-state index contributed by atoms with van der Waals surface area (Å²) in [6.07, 6.45) is 1.19. The number of rotatable bonds is 5. The predicted molar refractivity (Wildman–Crippen MR) is 116 cm³/mol. The van der Waals surface area contributed by atoms with Gasteiger partial charge in [-0.25, -0.2) is 0 Å². The van der Waals surface area contributed by atoms with Crippen LogP contribution in [0.3, 0.4) is 0 Å². The van der Waals surface area contributed by atoms with Gasteiger partial charge in [-0.15, -0.1) is 16.8 Å². The highest BCUT2D eigenvalue weighted by atomic mass is 79.9. The number of benzene rings is 2. The maximum atomic E-state index is 10.1. The number of para-hydroxylation sites is 1. The topological polar surface area (TPSA) is 89.4 Å². The van der Waals surface area contributed by atoms with Crippen LogP contribution in [0.2, 0.25) is 0 Å². The Morgan fingerprint density at radius 3 is 2.97 bits per heavy atom. The molecule has 0 radical (unpaired) electrons. The molecule has 0 saturated carbocycles. The van der Waals surface area contributed by atoms with Gasteiger partial charge in [-0.3, -0.25) is 0 Å². The third-order valence-corrected chi connectivity index (χ3v) is 5.68. The quantitative estimate of drug-likeness (QED) is 0.404. The fraction of sp³-hybridized carbons (Fsp3) is 0.150. The Morgan fingerprint density at radius 2 is 2.17 bits per heavy atom. The van der Waals surface area contributed by atoms with E-state index in [2.05, 4.69) is 43.0 Å². The van der Waals surface area contributed by atoms with Gasteiger partial charge < -0.3 is 19.9 Å². The molecular weight excluding hydrogens is 456 g/mol. The smallest absolute Gasteiger partial charge is 0.247 e. The minimum atomic E-state index is -0.586. The molecule has 0 spiro atoms. The first-order chi connectivity index (χ1) is 14.1. The largest absolute Gasteiger partial charge is 0.503 e. The number of aromatic hydroxyl groups is 1. The average Bonchev–Trinajstić information content (AvgIpc) is 2.90. The van der Waals surface area contributed by atoms with Gasteiger partial charge in [-0.2, -0.15) is 4.98 Å². The number of nitrogens with one attached hydrogen (secondary N) is 1. The molecule has 9 heteroatoms. The van der Waals surface area contributed by atoms with E-state index in [1.165, 1.54) is 18.9 Å². The molecule has 0 fully saturated rings. The standard InChI is InChI=1S/C20H17BrN4O3S/c1-3-8-29-20-23-19-16(24-25-20)12-6-4-5-7-14(12)22-18(28-19)11-9-13(21)17(26)15(10-11)27-2/h3-7,9-10,18,22,26H,1,8H2,2H3. The number of halogens is 1. The lowest BCUT2D eigenvalue weighted by molar-refractivity contribution is 0.224. The molecule has 0 aliphatic carbocycles. The Labute approximate surface area is 180 Å². The molecule has 4 rings (SSSR count). The number of phenols is 1. The molecule has 1 aromatic heterocycles. The molecule has 1 unspecified atom stereocenters. The van der Waals surface area contributed by atoms with Crippen molar-refractivity contribution in [2.24, 2.45) is 0 Å². The molecule has 1 atom stereocenters. The minimum Gasteiger partial charge on any atom is -0.503 e. The summed E-state index contributed by atoms with van der Waals surface area (Å²) in [6.45, 7) is 3.72. The first-order valence-corrected chi connectivity index (χ1v) is 10.5. The van der Waals surface area contributed by atoms with E-state index in [1.807, 2.05) is 24.3 Å². The molecule has 7 nitrogen and oxygen atoms in total. The van der Waals surface area contributed by atoms with E-state index in [0.29, 0.717) is 32.7 Å². The lowest BCUT2D eigenvalue weighted by Gasteiger charge is -2.20. The highest BCUT2D eigenvalue weighted by Crippen LogP contribution is 2.42. The third kappa shape index (κ3) is 3.88. The van der Waals surface area contributed by atoms with Crippen LogP contribution in [0.4, 0.5) is 5.69 Å². The monoisotopic (exact) mass is 472 g/mol. The van der Waals surface area contributed by atoms with Crippen LogP contribution in [0, 0.1) is 0 Å². The van der Waals surface area contributed by atoms with Crippen molar-refractivity contribution in [2.75, 3.05) is 18.2 Å². The van der Waals surface area contributed by atoms with Crippen LogP contribution in [0.15, 0.2) is 58.7 Å². The third-order valence-electron chi connectivity index (χ3n) is 4.24. The van der Waals surface area contributed by atoms with E-state index in [-0.39, 0.29) is 5.75 Å². The van der Waals surface area contributed by atoms with Crippen molar-refractivity contribution >= 4 is 33.4 Å². The van der Waals surface area contributed by atoms with E-state index in [9.17, 15) is 5.11 Å². The number of fused-ring (bicyclic) bond motifs is 3. The highest BCUT2D eigenvalue weighted by Gasteiger charge is 2.27. The second-order valence-corrected chi connectivity index (χ2v) is 7.93. The summed E-state index contributed by atoms with van der Waals surface area (Å²) < 4.78 is 12.0. The number of phenolic OH excluding ortho intramolecular Hbond substituents is 1. The molecule has 29 heavy (non-hydrogen) atoms. The zero-order valence-electron chi connectivity index (χ0n) is 15.4. The van der Waals surface area contributed by atoms with Crippen LogP contribution in [0.25, 0.3) is 11.3 Å². The van der Waals surface area contributed by atoms with Gasteiger partial charge in [0.05, 0.1) is 11.6 Å². The van der Waals surface area contributed by atoms with Crippen molar-refractivity contribution < 1.29 is 14.6 Å². The fourth-order valence-corrected chi connectivity index (χ4v) is 3.87. The van der Waals surface area contributed by atoms with Gasteiger partial charge in [-0.1, -0.05) is 36.0 Å². The van der Waals surface area contributed by atoms with E-state index in [4.69, 9.17) is 9.47 Å². The molecule has 2 heterocycles. The summed E-state index contributed by atoms with van der Waals surface area (Å²) in [5, 5.41) is 22.6. The predicted octanol–water partition coefficient (Wildman–Crippen LogP) is 4.80. The zero-order valence-corrected chi connectivity index (χ0v) is 17.8. The lowest BCUT2D eigenvalue weighted by Crippen LogP contribution is -2.17. The van der Waals surface area contributed by atoms with Crippen LogP contribution >= 0.6 is 27.7 Å². The number of nitrogens with zero attached hydrogens (tertiary/aromatic N) is 3. The highest BCUT2D eigenvalue weighted by molar-refractivity contribution is 9.10. The van der Waals surface area contributed by atoms with Crippen LogP contribution in [0.1, 0.15) is 11.8 Å². The van der Waals surface area contributed by atoms with Crippen molar-refractivity contribution in [3.8, 4) is 28.6 Å². The molecular formula is C20H17BrN4O3S. The Hall–Kier alpha value is -2.78. The number of aromatic nitrogens is 3. The Kier molecular flexibility index (Phi) is 5.59. The summed E-state index contributed by atoms with van der Waals surface area (Å²) in [5.41, 5.74) is 2.98. The maximum Gasteiger partial charge on any atom is 0.247 e. The van der Waals surface area contributed by atoms with Gasteiger partial charge in [0, 0.05) is 22.6 Å². The molecule has 0 amide bonds. The van der Waals surface area contributed by atoms with E-state index in [0.717, 1.165) is 16.8 Å². The summed E-state index contributed by atoms with van der Waals surface area (Å²) in [7, 11) is 1.50. The first-order valence-electron chi connectivity index (χ1n) is 8.68.